The molecule has 39 heavy (non-hydrogen) atoms. The van der Waals surface area contributed by atoms with E-state index < -0.39 is 40.2 Å². The van der Waals surface area contributed by atoms with Crippen LogP contribution in [-0.4, -0.2) is 50.5 Å². The van der Waals surface area contributed by atoms with E-state index in [1.165, 1.54) is 29.2 Å². The molecule has 1 atom stereocenters. The highest BCUT2D eigenvalue weighted by atomic mass is 35.5. The molecule has 7 nitrogen and oxygen atoms in total. The van der Waals surface area contributed by atoms with Crippen LogP contribution in [0.3, 0.4) is 0 Å². The van der Waals surface area contributed by atoms with Gasteiger partial charge in [0, 0.05) is 29.6 Å². The third-order valence-corrected chi connectivity index (χ3v) is 7.68. The molecule has 208 valence electrons. The smallest absolute Gasteiger partial charge is 0.244 e. The van der Waals surface area contributed by atoms with Gasteiger partial charge in [-0.2, -0.15) is 0 Å². The van der Waals surface area contributed by atoms with Crippen molar-refractivity contribution in [3.8, 4) is 0 Å². The van der Waals surface area contributed by atoms with E-state index in [2.05, 4.69) is 5.32 Å². The molecule has 0 bridgehead atoms. The summed E-state index contributed by atoms with van der Waals surface area (Å²) in [7, 11) is -3.99. The molecule has 0 aliphatic heterocycles. The fourth-order valence-electron chi connectivity index (χ4n) is 4.00. The number of halogens is 3. The largest absolute Gasteiger partial charge is 0.354 e. The number of nitrogens with zero attached hydrogens (tertiary/aromatic N) is 2. The first-order valence-corrected chi connectivity index (χ1v) is 14.9. The van der Waals surface area contributed by atoms with Gasteiger partial charge in [0.25, 0.3) is 0 Å². The monoisotopic (exact) mass is 593 g/mol. The van der Waals surface area contributed by atoms with E-state index >= 15 is 0 Å². The molecule has 11 heteroatoms. The first kappa shape index (κ1) is 30.4. The molecule has 2 amide bonds. The van der Waals surface area contributed by atoms with E-state index in [9.17, 15) is 22.4 Å². The van der Waals surface area contributed by atoms with Crippen LogP contribution < -0.4 is 9.62 Å². The number of rotatable bonds is 12. The van der Waals surface area contributed by atoms with Crippen molar-refractivity contribution >= 4 is 50.7 Å². The quantitative estimate of drug-likeness (QED) is 0.318. The van der Waals surface area contributed by atoms with E-state index in [0.717, 1.165) is 22.2 Å². The fraction of sp³-hybridized carbons (Fsp3) is 0.286. The van der Waals surface area contributed by atoms with Gasteiger partial charge in [-0.3, -0.25) is 13.9 Å². The van der Waals surface area contributed by atoms with Gasteiger partial charge < -0.3 is 10.2 Å². The second-order valence-corrected chi connectivity index (χ2v) is 11.8. The topological polar surface area (TPSA) is 86.8 Å². The van der Waals surface area contributed by atoms with Crippen LogP contribution in [0.4, 0.5) is 10.1 Å². The number of nitrogens with one attached hydrogen (secondary N) is 1. The fourth-order valence-corrected chi connectivity index (χ4v) is 5.31. The molecule has 0 aromatic heterocycles. The molecule has 0 aliphatic carbocycles. The van der Waals surface area contributed by atoms with E-state index in [1.807, 2.05) is 37.3 Å². The number of carbonyl (C=O) groups excluding carboxylic acids is 2. The lowest BCUT2D eigenvalue weighted by atomic mass is 10.0. The molecule has 0 unspecified atom stereocenters. The van der Waals surface area contributed by atoms with Gasteiger partial charge in [0.2, 0.25) is 21.8 Å². The Morgan fingerprint density at radius 3 is 2.33 bits per heavy atom. The molecule has 0 radical (unpaired) electrons. The maximum absolute atomic E-state index is 14.0. The Kier molecular flexibility index (Phi) is 10.7. The number of benzene rings is 3. The lowest BCUT2D eigenvalue weighted by molar-refractivity contribution is -0.140. The molecular weight excluding hydrogens is 564 g/mol. The maximum Gasteiger partial charge on any atom is 0.244 e. The van der Waals surface area contributed by atoms with Crippen LogP contribution in [0.2, 0.25) is 10.0 Å². The van der Waals surface area contributed by atoms with Crippen molar-refractivity contribution < 1.29 is 22.4 Å². The number of hydrogen-bond donors (Lipinski definition) is 1. The Morgan fingerprint density at radius 2 is 1.72 bits per heavy atom. The molecular formula is C28H30Cl2FN3O4S. The van der Waals surface area contributed by atoms with Crippen molar-refractivity contribution in [2.45, 2.75) is 32.4 Å². The zero-order valence-corrected chi connectivity index (χ0v) is 23.9. The highest BCUT2D eigenvalue weighted by Crippen LogP contribution is 2.25. The van der Waals surface area contributed by atoms with Crippen LogP contribution in [-0.2, 0) is 32.6 Å². The van der Waals surface area contributed by atoms with Gasteiger partial charge in [0.05, 0.1) is 11.9 Å². The van der Waals surface area contributed by atoms with Gasteiger partial charge in [-0.25, -0.2) is 12.8 Å². The van der Waals surface area contributed by atoms with Crippen LogP contribution in [0.5, 0.6) is 0 Å². The molecule has 0 fully saturated rings. The number of amides is 2. The number of sulfonamides is 1. The molecule has 0 saturated carbocycles. The highest BCUT2D eigenvalue weighted by molar-refractivity contribution is 7.92. The minimum atomic E-state index is -3.99. The molecule has 0 spiro atoms. The Bertz CT molecular complexity index is 1410. The van der Waals surface area contributed by atoms with Crippen LogP contribution in [0.15, 0.2) is 72.8 Å². The van der Waals surface area contributed by atoms with Gasteiger partial charge in [-0.1, -0.05) is 72.6 Å². The molecule has 1 N–H and O–H groups in total. The van der Waals surface area contributed by atoms with Crippen LogP contribution in [0.1, 0.15) is 24.5 Å². The number of hydrogen-bond acceptors (Lipinski definition) is 4. The summed E-state index contributed by atoms with van der Waals surface area (Å²) in [6.07, 6.45) is 1.79. The lowest BCUT2D eigenvalue weighted by Gasteiger charge is -2.33. The molecule has 3 aromatic rings. The Hall–Kier alpha value is -3.14. The molecule has 3 rings (SSSR count). The molecule has 0 saturated heterocycles. The maximum atomic E-state index is 14.0. The molecule has 0 aliphatic rings. The minimum Gasteiger partial charge on any atom is -0.354 e. The first-order chi connectivity index (χ1) is 18.5. The van der Waals surface area contributed by atoms with Crippen molar-refractivity contribution in [1.29, 1.82) is 0 Å². The Labute approximate surface area is 238 Å². The highest BCUT2D eigenvalue weighted by Gasteiger charge is 2.33. The third kappa shape index (κ3) is 8.68. The molecule has 3 aromatic carbocycles. The second kappa shape index (κ2) is 13.8. The summed E-state index contributed by atoms with van der Waals surface area (Å²) < 4.78 is 40.2. The lowest BCUT2D eigenvalue weighted by Crippen LogP contribution is -2.53. The minimum absolute atomic E-state index is 0.00892. The Morgan fingerprint density at radius 1 is 1.00 bits per heavy atom. The van der Waals surface area contributed by atoms with Crippen LogP contribution in [0, 0.1) is 5.82 Å². The SMILES string of the molecule is CCCNC(=O)[C@H](Cc1ccccc1)N(Cc1ccc(Cl)cc1Cl)C(=O)CN(c1cccc(F)c1)S(C)(=O)=O. The van der Waals surface area contributed by atoms with E-state index in [4.69, 9.17) is 23.2 Å². The number of anilines is 1. The average molecular weight is 595 g/mol. The third-order valence-electron chi connectivity index (χ3n) is 5.95. The van der Waals surface area contributed by atoms with Crippen molar-refractivity contribution in [2.75, 3.05) is 23.7 Å². The van der Waals surface area contributed by atoms with Crippen molar-refractivity contribution in [1.82, 2.24) is 10.2 Å². The summed E-state index contributed by atoms with van der Waals surface area (Å²) >= 11 is 12.5. The zero-order chi connectivity index (χ0) is 28.6. The standard InChI is InChI=1S/C28H30Cl2FN3O4S/c1-3-14-32-28(36)26(15-20-8-5-4-6-9-20)33(18-21-12-13-22(29)16-25(21)30)27(35)19-34(39(2,37)38)24-11-7-10-23(31)17-24/h4-13,16-17,26H,3,14-15,18-19H2,1-2H3,(H,32,36)/t26-/m0/s1. The van der Waals surface area contributed by atoms with E-state index in [1.54, 1.807) is 12.1 Å². The zero-order valence-electron chi connectivity index (χ0n) is 21.6. The summed E-state index contributed by atoms with van der Waals surface area (Å²) in [6.45, 7) is 1.56. The average Bonchev–Trinajstić information content (AvgIpc) is 2.88. The predicted octanol–water partition coefficient (Wildman–Crippen LogP) is 5.06. The van der Waals surface area contributed by atoms with E-state index in [-0.39, 0.29) is 23.7 Å². The van der Waals surface area contributed by atoms with Crippen molar-refractivity contribution in [2.24, 2.45) is 0 Å². The summed E-state index contributed by atoms with van der Waals surface area (Å²) in [5, 5.41) is 3.54. The summed E-state index contributed by atoms with van der Waals surface area (Å²) in [5.74, 6) is -1.71. The number of carbonyl (C=O) groups is 2. The normalized spacial score (nSPS) is 12.0. The van der Waals surface area contributed by atoms with Crippen molar-refractivity contribution in [3.63, 3.8) is 0 Å². The summed E-state index contributed by atoms with van der Waals surface area (Å²) in [6, 6.07) is 17.9. The summed E-state index contributed by atoms with van der Waals surface area (Å²) in [4.78, 5) is 28.7. The van der Waals surface area contributed by atoms with Crippen LogP contribution >= 0.6 is 23.2 Å². The van der Waals surface area contributed by atoms with Gasteiger partial charge >= 0.3 is 0 Å². The first-order valence-electron chi connectivity index (χ1n) is 12.3. The van der Waals surface area contributed by atoms with E-state index in [0.29, 0.717) is 23.6 Å². The van der Waals surface area contributed by atoms with Gasteiger partial charge in [0.1, 0.15) is 18.4 Å². The van der Waals surface area contributed by atoms with Gasteiger partial charge in [0.15, 0.2) is 0 Å². The van der Waals surface area contributed by atoms with Gasteiger partial charge in [-0.15, -0.1) is 0 Å². The second-order valence-electron chi connectivity index (χ2n) is 9.00. The summed E-state index contributed by atoms with van der Waals surface area (Å²) in [5.41, 5.74) is 1.32. The van der Waals surface area contributed by atoms with Gasteiger partial charge in [-0.05, 0) is 47.9 Å². The molecule has 0 heterocycles. The van der Waals surface area contributed by atoms with Crippen LogP contribution in [0.25, 0.3) is 0 Å². The van der Waals surface area contributed by atoms with Crippen molar-refractivity contribution in [3.05, 3.63) is 99.8 Å². The predicted molar refractivity (Wildman–Crippen MR) is 153 cm³/mol. The Balaban J connectivity index is 2.07.